The highest BCUT2D eigenvalue weighted by Gasteiger charge is 2.17. The second-order valence-electron chi connectivity index (χ2n) is 4.57. The average Bonchev–Trinajstić information content (AvgIpc) is 2.88. The molecule has 100 valence electrons. The average molecular weight is 276 g/mol. The van der Waals surface area contributed by atoms with Gasteiger partial charge in [0.15, 0.2) is 0 Å². The first-order chi connectivity index (χ1) is 9.33. The Labute approximate surface area is 116 Å². The number of aromatic nitrogens is 1. The van der Waals surface area contributed by atoms with Crippen molar-refractivity contribution < 1.29 is 9.53 Å². The molecule has 1 aliphatic heterocycles. The van der Waals surface area contributed by atoms with Crippen molar-refractivity contribution in [2.75, 3.05) is 26.3 Å². The van der Waals surface area contributed by atoms with E-state index in [0.717, 1.165) is 30.0 Å². The van der Waals surface area contributed by atoms with Crippen LogP contribution in [0.5, 0.6) is 0 Å². The van der Waals surface area contributed by atoms with Crippen molar-refractivity contribution in [3.63, 3.8) is 0 Å². The van der Waals surface area contributed by atoms with Gasteiger partial charge in [0.05, 0.1) is 28.4 Å². The summed E-state index contributed by atoms with van der Waals surface area (Å²) in [7, 11) is 0. The van der Waals surface area contributed by atoms with Crippen LogP contribution in [0.2, 0.25) is 0 Å². The quantitative estimate of drug-likeness (QED) is 0.862. The van der Waals surface area contributed by atoms with Gasteiger partial charge in [0, 0.05) is 25.9 Å². The molecule has 0 unspecified atom stereocenters. The van der Waals surface area contributed by atoms with E-state index in [1.54, 1.807) is 11.3 Å². The number of rotatable bonds is 3. The van der Waals surface area contributed by atoms with E-state index in [4.69, 9.17) is 4.74 Å². The van der Waals surface area contributed by atoms with Crippen LogP contribution in [0.25, 0.3) is 10.2 Å². The zero-order chi connectivity index (χ0) is 13.1. The molecular weight excluding hydrogens is 260 g/mol. The normalized spacial score (nSPS) is 15.9. The molecule has 0 bridgehead atoms. The highest BCUT2D eigenvalue weighted by Crippen LogP contribution is 2.22. The van der Waals surface area contributed by atoms with Crippen molar-refractivity contribution in [3.05, 3.63) is 29.3 Å². The van der Waals surface area contributed by atoms with Crippen LogP contribution in [0.3, 0.4) is 0 Å². The fourth-order valence-electron chi connectivity index (χ4n) is 2.21. The van der Waals surface area contributed by atoms with Crippen molar-refractivity contribution in [3.8, 4) is 0 Å². The van der Waals surface area contributed by atoms with Gasteiger partial charge in [-0.25, -0.2) is 4.98 Å². The van der Waals surface area contributed by atoms with E-state index in [-0.39, 0.29) is 5.91 Å². The Hall–Kier alpha value is -1.46. The van der Waals surface area contributed by atoms with Crippen LogP contribution in [-0.4, -0.2) is 42.1 Å². The van der Waals surface area contributed by atoms with Gasteiger partial charge in [0.1, 0.15) is 0 Å². The molecule has 0 radical (unpaired) electrons. The molecule has 1 saturated heterocycles. The summed E-state index contributed by atoms with van der Waals surface area (Å²) in [6, 6.07) is 8.09. The minimum Gasteiger partial charge on any atom is -0.378 e. The summed E-state index contributed by atoms with van der Waals surface area (Å²) in [6.07, 6.45) is 1.27. The van der Waals surface area contributed by atoms with E-state index >= 15 is 0 Å². The molecule has 1 amide bonds. The maximum atomic E-state index is 12.0. The van der Waals surface area contributed by atoms with Gasteiger partial charge in [-0.15, -0.1) is 11.3 Å². The smallest absolute Gasteiger partial charge is 0.223 e. The highest BCUT2D eigenvalue weighted by atomic mass is 32.1. The van der Waals surface area contributed by atoms with E-state index in [0.29, 0.717) is 19.6 Å². The molecule has 0 spiro atoms. The molecule has 0 N–H and O–H groups in total. The van der Waals surface area contributed by atoms with Crippen molar-refractivity contribution in [2.24, 2.45) is 0 Å². The lowest BCUT2D eigenvalue weighted by Gasteiger charge is -2.26. The number of aryl methyl sites for hydroxylation is 1. The topological polar surface area (TPSA) is 42.4 Å². The SMILES string of the molecule is O=C(CCc1nc2ccccc2s1)N1CCOCC1. The molecule has 1 aromatic carbocycles. The molecule has 1 fully saturated rings. The molecule has 0 aliphatic carbocycles. The molecule has 2 aromatic rings. The summed E-state index contributed by atoms with van der Waals surface area (Å²) in [5.41, 5.74) is 1.03. The van der Waals surface area contributed by atoms with Gasteiger partial charge in [-0.1, -0.05) is 12.1 Å². The predicted octanol–water partition coefficient (Wildman–Crippen LogP) is 2.09. The Kier molecular flexibility index (Phi) is 3.75. The van der Waals surface area contributed by atoms with Crippen molar-refractivity contribution in [1.29, 1.82) is 0 Å². The van der Waals surface area contributed by atoms with Crippen LogP contribution in [0, 0.1) is 0 Å². The molecular formula is C14H16N2O2S. The number of carbonyl (C=O) groups excluding carboxylic acids is 1. The molecule has 5 heteroatoms. The number of amides is 1. The highest BCUT2D eigenvalue weighted by molar-refractivity contribution is 7.18. The zero-order valence-electron chi connectivity index (χ0n) is 10.7. The van der Waals surface area contributed by atoms with E-state index in [9.17, 15) is 4.79 Å². The summed E-state index contributed by atoms with van der Waals surface area (Å²) in [5.74, 6) is 0.211. The Morgan fingerprint density at radius 1 is 1.32 bits per heavy atom. The summed E-state index contributed by atoms with van der Waals surface area (Å²) >= 11 is 1.68. The van der Waals surface area contributed by atoms with Gasteiger partial charge in [-0.2, -0.15) is 0 Å². The van der Waals surface area contributed by atoms with Gasteiger partial charge in [0.25, 0.3) is 0 Å². The van der Waals surface area contributed by atoms with Gasteiger partial charge >= 0.3 is 0 Å². The molecule has 3 rings (SSSR count). The minimum absolute atomic E-state index is 0.211. The summed E-state index contributed by atoms with van der Waals surface area (Å²) in [4.78, 5) is 18.5. The lowest BCUT2D eigenvalue weighted by Crippen LogP contribution is -2.40. The first-order valence-electron chi connectivity index (χ1n) is 6.53. The van der Waals surface area contributed by atoms with Crippen LogP contribution in [0.1, 0.15) is 11.4 Å². The molecule has 0 saturated carbocycles. The Balaban J connectivity index is 1.60. The first kappa shape index (κ1) is 12.6. The third-order valence-corrected chi connectivity index (χ3v) is 4.35. The number of nitrogens with zero attached hydrogens (tertiary/aromatic N) is 2. The zero-order valence-corrected chi connectivity index (χ0v) is 11.5. The fraction of sp³-hybridized carbons (Fsp3) is 0.429. The van der Waals surface area contributed by atoms with E-state index < -0.39 is 0 Å². The van der Waals surface area contributed by atoms with E-state index in [2.05, 4.69) is 11.1 Å². The third kappa shape index (κ3) is 2.93. The second-order valence-corrected chi connectivity index (χ2v) is 5.68. The lowest BCUT2D eigenvalue weighted by atomic mass is 10.2. The Bertz CT molecular complexity index is 543. The van der Waals surface area contributed by atoms with Crippen LogP contribution >= 0.6 is 11.3 Å². The lowest BCUT2D eigenvalue weighted by molar-refractivity contribution is -0.135. The van der Waals surface area contributed by atoms with Crippen LogP contribution in [-0.2, 0) is 16.0 Å². The number of hydrogen-bond donors (Lipinski definition) is 0. The summed E-state index contributed by atoms with van der Waals surface area (Å²) in [5, 5.41) is 1.04. The van der Waals surface area contributed by atoms with Gasteiger partial charge < -0.3 is 9.64 Å². The Morgan fingerprint density at radius 2 is 2.11 bits per heavy atom. The van der Waals surface area contributed by atoms with Crippen molar-refractivity contribution in [2.45, 2.75) is 12.8 Å². The van der Waals surface area contributed by atoms with Gasteiger partial charge in [0.2, 0.25) is 5.91 Å². The summed E-state index contributed by atoms with van der Waals surface area (Å²) < 4.78 is 6.44. The number of ether oxygens (including phenoxy) is 1. The molecule has 1 aliphatic rings. The third-order valence-electron chi connectivity index (χ3n) is 3.25. The van der Waals surface area contributed by atoms with Crippen molar-refractivity contribution >= 4 is 27.5 Å². The number of benzene rings is 1. The largest absolute Gasteiger partial charge is 0.378 e. The maximum absolute atomic E-state index is 12.0. The van der Waals surface area contributed by atoms with E-state index in [1.807, 2.05) is 23.1 Å². The number of carbonyl (C=O) groups is 1. The molecule has 1 aromatic heterocycles. The minimum atomic E-state index is 0.211. The predicted molar refractivity (Wildman–Crippen MR) is 75.3 cm³/mol. The van der Waals surface area contributed by atoms with Crippen LogP contribution < -0.4 is 0 Å². The van der Waals surface area contributed by atoms with Gasteiger partial charge in [-0.05, 0) is 12.1 Å². The molecule has 19 heavy (non-hydrogen) atoms. The Morgan fingerprint density at radius 3 is 2.89 bits per heavy atom. The number of morpholine rings is 1. The van der Waals surface area contributed by atoms with Crippen LogP contribution in [0.15, 0.2) is 24.3 Å². The second kappa shape index (κ2) is 5.67. The number of para-hydroxylation sites is 1. The number of thiazole rings is 1. The molecule has 2 heterocycles. The standard InChI is InChI=1S/C14H16N2O2S/c17-14(16-7-9-18-10-8-16)6-5-13-15-11-3-1-2-4-12(11)19-13/h1-4H,5-10H2. The molecule has 4 nitrogen and oxygen atoms in total. The van der Waals surface area contributed by atoms with Crippen LogP contribution in [0.4, 0.5) is 0 Å². The maximum Gasteiger partial charge on any atom is 0.223 e. The first-order valence-corrected chi connectivity index (χ1v) is 7.34. The number of fused-ring (bicyclic) bond motifs is 1. The van der Waals surface area contributed by atoms with Gasteiger partial charge in [-0.3, -0.25) is 4.79 Å². The molecule has 0 atom stereocenters. The number of hydrogen-bond acceptors (Lipinski definition) is 4. The van der Waals surface area contributed by atoms with E-state index in [1.165, 1.54) is 4.70 Å². The fourth-order valence-corrected chi connectivity index (χ4v) is 3.18. The summed E-state index contributed by atoms with van der Waals surface area (Å²) in [6.45, 7) is 2.76. The van der Waals surface area contributed by atoms with Crippen molar-refractivity contribution in [1.82, 2.24) is 9.88 Å². The monoisotopic (exact) mass is 276 g/mol.